The van der Waals surface area contributed by atoms with Gasteiger partial charge >= 0.3 is 0 Å². The number of phenolic OH excluding ortho intramolecular Hbond substituents is 1. The molecule has 0 amide bonds. The van der Waals surface area contributed by atoms with Crippen LogP contribution in [0.1, 0.15) is 34.7 Å². The van der Waals surface area contributed by atoms with Crippen molar-refractivity contribution in [1.29, 1.82) is 0 Å². The molecule has 0 saturated carbocycles. The lowest BCUT2D eigenvalue weighted by Gasteiger charge is -2.24. The first-order chi connectivity index (χ1) is 13.0. The van der Waals surface area contributed by atoms with E-state index in [0.717, 1.165) is 27.9 Å². The molecular weight excluding hydrogens is 356 g/mol. The van der Waals surface area contributed by atoms with Crippen molar-refractivity contribution in [2.75, 3.05) is 7.05 Å². The van der Waals surface area contributed by atoms with Crippen LogP contribution in [0.25, 0.3) is 5.69 Å². The topological polar surface area (TPSA) is 53.3 Å². The molecule has 4 rings (SSSR count). The molecule has 2 aromatic heterocycles. The molecule has 1 aliphatic rings. The number of aryl methyl sites for hydroxylation is 1. The van der Waals surface area contributed by atoms with E-state index in [-0.39, 0.29) is 17.8 Å². The van der Waals surface area contributed by atoms with Gasteiger partial charge in [-0.1, -0.05) is 6.07 Å². The highest BCUT2D eigenvalue weighted by Gasteiger charge is 2.39. The Hall–Kier alpha value is -2.86. The van der Waals surface area contributed by atoms with Gasteiger partial charge in [0.2, 0.25) is 0 Å². The zero-order valence-electron chi connectivity index (χ0n) is 15.5. The van der Waals surface area contributed by atoms with Crippen LogP contribution in [0.15, 0.2) is 54.7 Å². The number of nitrogens with one attached hydrogen (secondary N) is 1. The molecule has 0 radical (unpaired) electrons. The fourth-order valence-corrected chi connectivity index (χ4v) is 4.17. The Kier molecular flexibility index (Phi) is 4.36. The maximum atomic E-state index is 9.60. The van der Waals surface area contributed by atoms with Gasteiger partial charge in [0, 0.05) is 30.3 Å². The first-order valence-corrected chi connectivity index (χ1v) is 9.30. The third-order valence-corrected chi connectivity index (χ3v) is 5.64. The summed E-state index contributed by atoms with van der Waals surface area (Å²) in [5.41, 5.74) is 5.51. The van der Waals surface area contributed by atoms with Gasteiger partial charge in [0.1, 0.15) is 5.75 Å². The zero-order valence-corrected chi connectivity index (χ0v) is 16.4. The Bertz CT molecular complexity index is 981. The maximum Gasteiger partial charge on any atom is 0.169 e. The lowest BCUT2D eigenvalue weighted by atomic mass is 9.97. The van der Waals surface area contributed by atoms with E-state index in [1.807, 2.05) is 43.6 Å². The predicted molar refractivity (Wildman–Crippen MR) is 110 cm³/mol. The molecule has 3 heterocycles. The van der Waals surface area contributed by atoms with Crippen molar-refractivity contribution < 1.29 is 5.11 Å². The van der Waals surface area contributed by atoms with Crippen molar-refractivity contribution in [1.82, 2.24) is 19.8 Å². The summed E-state index contributed by atoms with van der Waals surface area (Å²) in [7, 11) is 2.02. The van der Waals surface area contributed by atoms with Crippen LogP contribution in [0.3, 0.4) is 0 Å². The van der Waals surface area contributed by atoms with Gasteiger partial charge in [0.25, 0.3) is 0 Å². The van der Waals surface area contributed by atoms with Gasteiger partial charge in [-0.3, -0.25) is 4.98 Å². The molecular formula is C21H22N4OS. The van der Waals surface area contributed by atoms with E-state index in [1.165, 1.54) is 5.56 Å². The van der Waals surface area contributed by atoms with E-state index >= 15 is 0 Å². The van der Waals surface area contributed by atoms with Crippen LogP contribution in [0.4, 0.5) is 0 Å². The summed E-state index contributed by atoms with van der Waals surface area (Å²) < 4.78 is 2.21. The highest BCUT2D eigenvalue weighted by molar-refractivity contribution is 7.80. The Morgan fingerprint density at radius 2 is 1.85 bits per heavy atom. The molecule has 0 spiro atoms. The molecule has 1 fully saturated rings. The Morgan fingerprint density at radius 1 is 1.11 bits per heavy atom. The van der Waals surface area contributed by atoms with Gasteiger partial charge in [0.15, 0.2) is 5.11 Å². The second-order valence-electron chi connectivity index (χ2n) is 6.92. The molecule has 2 N–H and O–H groups in total. The minimum absolute atomic E-state index is 0.00234. The van der Waals surface area contributed by atoms with Gasteiger partial charge in [-0.15, -0.1) is 0 Å². The summed E-state index contributed by atoms with van der Waals surface area (Å²) in [4.78, 5) is 6.66. The Labute approximate surface area is 164 Å². The van der Waals surface area contributed by atoms with E-state index in [0.29, 0.717) is 0 Å². The van der Waals surface area contributed by atoms with E-state index in [1.54, 1.807) is 12.1 Å². The predicted octanol–water partition coefficient (Wildman–Crippen LogP) is 3.80. The molecule has 1 saturated heterocycles. The molecule has 2 atom stereocenters. The van der Waals surface area contributed by atoms with Crippen molar-refractivity contribution >= 4 is 17.3 Å². The zero-order chi connectivity index (χ0) is 19.1. The quantitative estimate of drug-likeness (QED) is 0.679. The number of aromatic nitrogens is 2. The number of thiocarbonyl (C=S) groups is 1. The SMILES string of the molecule is Cc1cc([C@H]2[C@@H](c3ccccn3)NC(=S)N2C)c(C)n1-c1ccc(O)cc1. The highest BCUT2D eigenvalue weighted by Crippen LogP contribution is 2.40. The Morgan fingerprint density at radius 3 is 2.52 bits per heavy atom. The first kappa shape index (κ1) is 17.5. The standard InChI is InChI=1S/C21H22N4OS/c1-13-12-17(14(2)25(13)15-7-9-16(26)10-8-15)20-19(23-21(27)24(20)3)18-6-4-5-11-22-18/h4-12,19-20,26H,1-3H3,(H,23,27)/t19-,20+/m1/s1. The van der Waals surface area contributed by atoms with Crippen molar-refractivity contribution in [3.63, 3.8) is 0 Å². The molecule has 0 aliphatic carbocycles. The van der Waals surface area contributed by atoms with Crippen molar-refractivity contribution in [3.05, 3.63) is 77.4 Å². The number of likely N-dealkylation sites (N-methyl/N-ethyl adjacent to an activating group) is 1. The molecule has 3 aromatic rings. The van der Waals surface area contributed by atoms with Crippen LogP contribution >= 0.6 is 12.2 Å². The van der Waals surface area contributed by atoms with E-state index in [9.17, 15) is 5.11 Å². The molecule has 1 aliphatic heterocycles. The second-order valence-corrected chi connectivity index (χ2v) is 7.30. The molecule has 6 heteroatoms. The Balaban J connectivity index is 1.81. The van der Waals surface area contributed by atoms with Crippen LogP contribution in [0.5, 0.6) is 5.75 Å². The first-order valence-electron chi connectivity index (χ1n) is 8.90. The van der Waals surface area contributed by atoms with Gasteiger partial charge in [0.05, 0.1) is 17.8 Å². The molecule has 0 unspecified atom stereocenters. The molecule has 1 aromatic carbocycles. The number of hydrogen-bond donors (Lipinski definition) is 2. The maximum absolute atomic E-state index is 9.60. The van der Waals surface area contributed by atoms with Gasteiger partial charge in [-0.25, -0.2) is 0 Å². The molecule has 0 bridgehead atoms. The number of pyridine rings is 1. The summed E-state index contributed by atoms with van der Waals surface area (Å²) in [5.74, 6) is 0.265. The van der Waals surface area contributed by atoms with E-state index in [4.69, 9.17) is 12.2 Å². The molecule has 5 nitrogen and oxygen atoms in total. The fourth-order valence-electron chi connectivity index (χ4n) is 3.93. The fraction of sp³-hybridized carbons (Fsp3) is 0.238. The lowest BCUT2D eigenvalue weighted by Crippen LogP contribution is -2.25. The average Bonchev–Trinajstić information content (AvgIpc) is 3.12. The summed E-state index contributed by atoms with van der Waals surface area (Å²) >= 11 is 5.54. The minimum Gasteiger partial charge on any atom is -0.508 e. The van der Waals surface area contributed by atoms with Crippen LogP contribution in [0, 0.1) is 13.8 Å². The van der Waals surface area contributed by atoms with Crippen LogP contribution in [-0.2, 0) is 0 Å². The summed E-state index contributed by atoms with van der Waals surface area (Å²) in [6, 6.07) is 15.5. The minimum atomic E-state index is -0.00234. The third kappa shape index (κ3) is 2.96. The number of benzene rings is 1. The van der Waals surface area contributed by atoms with Crippen molar-refractivity contribution in [3.8, 4) is 11.4 Å². The number of hydrogen-bond acceptors (Lipinski definition) is 3. The molecule has 138 valence electrons. The monoisotopic (exact) mass is 378 g/mol. The van der Waals surface area contributed by atoms with Crippen LogP contribution < -0.4 is 5.32 Å². The number of aromatic hydroxyl groups is 1. The number of nitrogens with zero attached hydrogens (tertiary/aromatic N) is 3. The average molecular weight is 379 g/mol. The van der Waals surface area contributed by atoms with Crippen LogP contribution in [0.2, 0.25) is 0 Å². The van der Waals surface area contributed by atoms with Gasteiger partial charge in [-0.2, -0.15) is 0 Å². The summed E-state index contributed by atoms with van der Waals surface area (Å²) in [6.45, 7) is 4.22. The molecule has 27 heavy (non-hydrogen) atoms. The smallest absolute Gasteiger partial charge is 0.169 e. The lowest BCUT2D eigenvalue weighted by molar-refractivity contribution is 0.367. The highest BCUT2D eigenvalue weighted by atomic mass is 32.1. The number of phenols is 1. The van der Waals surface area contributed by atoms with E-state index < -0.39 is 0 Å². The van der Waals surface area contributed by atoms with E-state index in [2.05, 4.69) is 39.7 Å². The summed E-state index contributed by atoms with van der Waals surface area (Å²) in [6.07, 6.45) is 1.81. The number of rotatable bonds is 3. The normalized spacial score (nSPS) is 19.4. The van der Waals surface area contributed by atoms with Crippen LogP contribution in [-0.4, -0.2) is 31.7 Å². The van der Waals surface area contributed by atoms with Gasteiger partial charge in [-0.05, 0) is 74.1 Å². The van der Waals surface area contributed by atoms with Gasteiger partial charge < -0.3 is 19.9 Å². The largest absolute Gasteiger partial charge is 0.508 e. The van der Waals surface area contributed by atoms with Crippen molar-refractivity contribution in [2.24, 2.45) is 0 Å². The third-order valence-electron chi connectivity index (χ3n) is 5.24. The second kappa shape index (κ2) is 6.70. The van der Waals surface area contributed by atoms with Crippen molar-refractivity contribution in [2.45, 2.75) is 25.9 Å². The summed E-state index contributed by atoms with van der Waals surface area (Å²) in [5, 5.41) is 13.8.